The smallest absolute Gasteiger partial charge is 0.319 e. The third-order valence-corrected chi connectivity index (χ3v) is 3.24. The molecule has 0 bridgehead atoms. The summed E-state index contributed by atoms with van der Waals surface area (Å²) in [5.41, 5.74) is 1.67. The molecule has 5 nitrogen and oxygen atoms in total. The number of carbonyl (C=O) groups is 1. The lowest BCUT2D eigenvalue weighted by Crippen LogP contribution is -2.30. The van der Waals surface area contributed by atoms with Crippen LogP contribution in [0.3, 0.4) is 0 Å². The first kappa shape index (κ1) is 17.5. The largest absolute Gasteiger partial charge is 0.396 e. The topological polar surface area (TPSA) is 70.6 Å². The van der Waals surface area contributed by atoms with E-state index in [1.165, 1.54) is 0 Å². The van der Waals surface area contributed by atoms with Gasteiger partial charge in [-0.3, -0.25) is 0 Å². The maximum atomic E-state index is 11.8. The van der Waals surface area contributed by atoms with Gasteiger partial charge in [-0.2, -0.15) is 0 Å². The molecular weight excluding hydrogens is 268 g/mol. The lowest BCUT2D eigenvalue weighted by atomic mass is 9.89. The number of methoxy groups -OCH3 is 1. The number of aliphatic hydroxyl groups excluding tert-OH is 1. The van der Waals surface area contributed by atoms with Crippen LogP contribution in [0.5, 0.6) is 0 Å². The molecule has 0 unspecified atom stereocenters. The van der Waals surface area contributed by atoms with Crippen LogP contribution >= 0.6 is 0 Å². The van der Waals surface area contributed by atoms with Crippen LogP contribution in [-0.4, -0.2) is 31.4 Å². The van der Waals surface area contributed by atoms with Crippen molar-refractivity contribution in [1.29, 1.82) is 0 Å². The summed E-state index contributed by atoms with van der Waals surface area (Å²) in [5.74, 6) is 0. The fraction of sp³-hybridized carbons (Fsp3) is 0.562. The van der Waals surface area contributed by atoms with Gasteiger partial charge in [0.15, 0.2) is 0 Å². The molecule has 1 rings (SSSR count). The summed E-state index contributed by atoms with van der Waals surface area (Å²) in [5, 5.41) is 14.8. The SMILES string of the molecule is COCc1cccc(NC(=O)NCCCC(C)(C)CO)c1. The van der Waals surface area contributed by atoms with Gasteiger partial charge in [-0.05, 0) is 36.0 Å². The molecule has 0 saturated carbocycles. The zero-order valence-electron chi connectivity index (χ0n) is 13.1. The van der Waals surface area contributed by atoms with E-state index < -0.39 is 0 Å². The highest BCUT2D eigenvalue weighted by atomic mass is 16.5. The summed E-state index contributed by atoms with van der Waals surface area (Å²) < 4.78 is 5.06. The third-order valence-electron chi connectivity index (χ3n) is 3.24. The molecule has 2 amide bonds. The average molecular weight is 294 g/mol. The van der Waals surface area contributed by atoms with Crippen molar-refractivity contribution >= 4 is 11.7 Å². The number of rotatable bonds is 8. The van der Waals surface area contributed by atoms with E-state index in [0.29, 0.717) is 13.2 Å². The number of anilines is 1. The minimum Gasteiger partial charge on any atom is -0.396 e. The van der Waals surface area contributed by atoms with Gasteiger partial charge in [-0.15, -0.1) is 0 Å². The molecule has 1 aromatic carbocycles. The summed E-state index contributed by atoms with van der Waals surface area (Å²) in [6.07, 6.45) is 1.71. The van der Waals surface area contributed by atoms with Crippen molar-refractivity contribution in [2.45, 2.75) is 33.3 Å². The van der Waals surface area contributed by atoms with E-state index in [-0.39, 0.29) is 18.1 Å². The predicted molar refractivity (Wildman–Crippen MR) is 84.3 cm³/mol. The fourth-order valence-corrected chi connectivity index (χ4v) is 1.93. The molecule has 21 heavy (non-hydrogen) atoms. The molecule has 0 aliphatic carbocycles. The number of nitrogens with one attached hydrogen (secondary N) is 2. The summed E-state index contributed by atoms with van der Waals surface area (Å²) >= 11 is 0. The van der Waals surface area contributed by atoms with E-state index in [9.17, 15) is 4.79 Å². The molecule has 0 heterocycles. The zero-order chi connectivity index (χ0) is 15.7. The Morgan fingerprint density at radius 2 is 2.14 bits per heavy atom. The minimum absolute atomic E-state index is 0.0906. The maximum Gasteiger partial charge on any atom is 0.319 e. The van der Waals surface area contributed by atoms with Crippen LogP contribution in [-0.2, 0) is 11.3 Å². The molecule has 0 aliphatic rings. The van der Waals surface area contributed by atoms with Crippen LogP contribution in [0.4, 0.5) is 10.5 Å². The summed E-state index contributed by atoms with van der Waals surface area (Å²) in [4.78, 5) is 11.8. The Balaban J connectivity index is 2.32. The monoisotopic (exact) mass is 294 g/mol. The fourth-order valence-electron chi connectivity index (χ4n) is 1.93. The number of ether oxygens (including phenoxy) is 1. The summed E-state index contributed by atoms with van der Waals surface area (Å²) in [6, 6.07) is 7.34. The van der Waals surface area contributed by atoms with Gasteiger partial charge in [0, 0.05) is 25.9 Å². The van der Waals surface area contributed by atoms with Crippen LogP contribution in [0.2, 0.25) is 0 Å². The van der Waals surface area contributed by atoms with Crippen molar-refractivity contribution in [3.05, 3.63) is 29.8 Å². The lowest BCUT2D eigenvalue weighted by Gasteiger charge is -2.21. The van der Waals surface area contributed by atoms with Crippen molar-refractivity contribution < 1.29 is 14.6 Å². The normalized spacial score (nSPS) is 11.2. The van der Waals surface area contributed by atoms with Gasteiger partial charge >= 0.3 is 6.03 Å². The molecule has 0 aliphatic heterocycles. The van der Waals surface area contributed by atoms with Gasteiger partial charge < -0.3 is 20.5 Å². The number of hydrogen-bond donors (Lipinski definition) is 3. The minimum atomic E-state index is -0.216. The highest BCUT2D eigenvalue weighted by Gasteiger charge is 2.15. The van der Waals surface area contributed by atoms with Crippen LogP contribution in [0, 0.1) is 5.41 Å². The number of benzene rings is 1. The Morgan fingerprint density at radius 1 is 1.38 bits per heavy atom. The predicted octanol–water partition coefficient (Wildman–Crippen LogP) is 2.75. The molecule has 0 spiro atoms. The van der Waals surface area contributed by atoms with Crippen molar-refractivity contribution in [2.75, 3.05) is 25.6 Å². The van der Waals surface area contributed by atoms with Gasteiger partial charge in [-0.1, -0.05) is 26.0 Å². The number of hydrogen-bond acceptors (Lipinski definition) is 3. The average Bonchev–Trinajstić information content (AvgIpc) is 2.44. The van der Waals surface area contributed by atoms with E-state index in [4.69, 9.17) is 9.84 Å². The Morgan fingerprint density at radius 3 is 2.81 bits per heavy atom. The van der Waals surface area contributed by atoms with Gasteiger partial charge in [0.1, 0.15) is 0 Å². The second kappa shape index (κ2) is 8.64. The van der Waals surface area contributed by atoms with E-state index >= 15 is 0 Å². The Labute approximate surface area is 126 Å². The van der Waals surface area contributed by atoms with Crippen LogP contribution in [0.15, 0.2) is 24.3 Å². The highest BCUT2D eigenvalue weighted by Crippen LogP contribution is 2.20. The van der Waals surface area contributed by atoms with Crippen molar-refractivity contribution in [3.8, 4) is 0 Å². The molecular formula is C16H26N2O3. The summed E-state index contributed by atoms with van der Waals surface area (Å²) in [7, 11) is 1.64. The Bertz CT molecular complexity index is 447. The molecule has 0 radical (unpaired) electrons. The Hall–Kier alpha value is -1.59. The summed E-state index contributed by atoms with van der Waals surface area (Å²) in [6.45, 7) is 5.29. The molecule has 5 heteroatoms. The zero-order valence-corrected chi connectivity index (χ0v) is 13.1. The van der Waals surface area contributed by atoms with Gasteiger partial charge in [0.05, 0.1) is 6.61 Å². The van der Waals surface area contributed by atoms with E-state index in [0.717, 1.165) is 24.1 Å². The third kappa shape index (κ3) is 7.11. The van der Waals surface area contributed by atoms with E-state index in [1.54, 1.807) is 7.11 Å². The Kier molecular flexibility index (Phi) is 7.19. The number of carbonyl (C=O) groups excluding carboxylic acids is 1. The van der Waals surface area contributed by atoms with Gasteiger partial charge in [-0.25, -0.2) is 4.79 Å². The van der Waals surface area contributed by atoms with Crippen molar-refractivity contribution in [1.82, 2.24) is 5.32 Å². The first-order chi connectivity index (χ1) is 9.96. The van der Waals surface area contributed by atoms with Crippen LogP contribution < -0.4 is 10.6 Å². The first-order valence-corrected chi connectivity index (χ1v) is 7.20. The molecule has 0 fully saturated rings. The first-order valence-electron chi connectivity index (χ1n) is 7.20. The van der Waals surface area contributed by atoms with Crippen molar-refractivity contribution in [3.63, 3.8) is 0 Å². The van der Waals surface area contributed by atoms with Crippen LogP contribution in [0.1, 0.15) is 32.3 Å². The molecule has 0 atom stereocenters. The van der Waals surface area contributed by atoms with Crippen molar-refractivity contribution in [2.24, 2.45) is 5.41 Å². The molecule has 0 saturated heterocycles. The quantitative estimate of drug-likeness (QED) is 0.646. The number of aliphatic hydroxyl groups is 1. The van der Waals surface area contributed by atoms with Gasteiger partial charge in [0.2, 0.25) is 0 Å². The van der Waals surface area contributed by atoms with E-state index in [2.05, 4.69) is 10.6 Å². The maximum absolute atomic E-state index is 11.8. The lowest BCUT2D eigenvalue weighted by molar-refractivity contribution is 0.148. The second-order valence-corrected chi connectivity index (χ2v) is 5.94. The highest BCUT2D eigenvalue weighted by molar-refractivity contribution is 5.89. The second-order valence-electron chi connectivity index (χ2n) is 5.94. The standard InChI is InChI=1S/C16H26N2O3/c1-16(2,12-19)8-5-9-17-15(20)18-14-7-4-6-13(10-14)11-21-3/h4,6-7,10,19H,5,8-9,11-12H2,1-3H3,(H2,17,18,20). The molecule has 118 valence electrons. The number of amides is 2. The molecule has 0 aromatic heterocycles. The van der Waals surface area contributed by atoms with Crippen LogP contribution in [0.25, 0.3) is 0 Å². The number of urea groups is 1. The molecule has 3 N–H and O–H groups in total. The van der Waals surface area contributed by atoms with E-state index in [1.807, 2.05) is 38.1 Å². The van der Waals surface area contributed by atoms with Gasteiger partial charge in [0.25, 0.3) is 0 Å². The molecule has 1 aromatic rings.